The van der Waals surface area contributed by atoms with Crippen LogP contribution in [0, 0.1) is 0 Å². The third-order valence-electron chi connectivity index (χ3n) is 2.73. The molecule has 5 heteroatoms. The Morgan fingerprint density at radius 3 is 2.40 bits per heavy atom. The Kier molecular flexibility index (Phi) is 5.56. The number of sulfonamides is 1. The maximum absolute atomic E-state index is 10.6. The van der Waals surface area contributed by atoms with Crippen LogP contribution in [0.4, 0.5) is 0 Å². The van der Waals surface area contributed by atoms with E-state index >= 15 is 0 Å². The topological polar surface area (TPSA) is 69.4 Å². The Morgan fingerprint density at radius 2 is 1.80 bits per heavy atom. The molecule has 1 saturated carbocycles. The maximum atomic E-state index is 10.6. The lowest BCUT2D eigenvalue weighted by Crippen LogP contribution is -2.16. The molecule has 1 fully saturated rings. The number of primary sulfonamides is 1. The number of hydrogen-bond donors (Lipinski definition) is 1. The van der Waals surface area contributed by atoms with Gasteiger partial charge in [-0.2, -0.15) is 0 Å². The summed E-state index contributed by atoms with van der Waals surface area (Å²) in [6, 6.07) is 0. The molecule has 0 amide bonds. The Hall–Kier alpha value is -0.130. The highest BCUT2D eigenvalue weighted by atomic mass is 32.2. The van der Waals surface area contributed by atoms with Gasteiger partial charge in [0.2, 0.25) is 10.0 Å². The molecule has 2 N–H and O–H groups in total. The summed E-state index contributed by atoms with van der Waals surface area (Å²) in [6.45, 7) is 0.759. The van der Waals surface area contributed by atoms with Gasteiger partial charge < -0.3 is 4.74 Å². The molecule has 0 aromatic carbocycles. The monoisotopic (exact) mass is 235 g/mol. The minimum absolute atomic E-state index is 0.0937. The summed E-state index contributed by atoms with van der Waals surface area (Å²) in [5, 5.41) is 4.89. The first-order valence-corrected chi connectivity index (χ1v) is 7.41. The van der Waals surface area contributed by atoms with Gasteiger partial charge in [0, 0.05) is 6.61 Å². The van der Waals surface area contributed by atoms with Crippen molar-refractivity contribution in [2.45, 2.75) is 51.0 Å². The average molecular weight is 235 g/mol. The fraction of sp³-hybridized carbons (Fsp3) is 1.00. The minimum Gasteiger partial charge on any atom is -0.378 e. The second-order valence-corrected chi connectivity index (χ2v) is 5.94. The van der Waals surface area contributed by atoms with E-state index in [4.69, 9.17) is 9.88 Å². The first kappa shape index (κ1) is 12.9. The van der Waals surface area contributed by atoms with Gasteiger partial charge in [-0.25, -0.2) is 13.6 Å². The van der Waals surface area contributed by atoms with Crippen LogP contribution in [0.15, 0.2) is 0 Å². The van der Waals surface area contributed by atoms with Crippen molar-refractivity contribution in [1.29, 1.82) is 0 Å². The minimum atomic E-state index is -3.27. The van der Waals surface area contributed by atoms with Crippen molar-refractivity contribution in [3.63, 3.8) is 0 Å². The molecule has 0 aromatic heterocycles. The summed E-state index contributed by atoms with van der Waals surface area (Å²) in [5.41, 5.74) is 0. The summed E-state index contributed by atoms with van der Waals surface area (Å²) >= 11 is 0. The number of rotatable bonds is 7. The predicted octanol–water partition coefficient (Wildman–Crippen LogP) is 1.40. The summed E-state index contributed by atoms with van der Waals surface area (Å²) in [4.78, 5) is 0. The van der Waals surface area contributed by atoms with Crippen molar-refractivity contribution >= 4 is 10.0 Å². The van der Waals surface area contributed by atoms with Gasteiger partial charge in [0.1, 0.15) is 0 Å². The van der Waals surface area contributed by atoms with Crippen LogP contribution in [0.25, 0.3) is 0 Å². The van der Waals surface area contributed by atoms with Gasteiger partial charge >= 0.3 is 0 Å². The third-order valence-corrected chi connectivity index (χ3v) is 3.59. The molecule has 0 radical (unpaired) electrons. The molecule has 0 atom stereocenters. The Morgan fingerprint density at radius 1 is 1.13 bits per heavy atom. The number of unbranched alkanes of at least 4 members (excludes halogenated alkanes) is 2. The van der Waals surface area contributed by atoms with Crippen LogP contribution < -0.4 is 5.14 Å². The number of hydrogen-bond acceptors (Lipinski definition) is 3. The predicted molar refractivity (Wildman–Crippen MR) is 60.0 cm³/mol. The van der Waals surface area contributed by atoms with Gasteiger partial charge in [0.05, 0.1) is 11.9 Å². The molecular weight excluding hydrogens is 214 g/mol. The Labute approximate surface area is 92.2 Å². The van der Waals surface area contributed by atoms with Crippen molar-refractivity contribution in [2.24, 2.45) is 5.14 Å². The zero-order valence-electron chi connectivity index (χ0n) is 9.15. The first-order valence-electron chi connectivity index (χ1n) is 5.70. The van der Waals surface area contributed by atoms with Gasteiger partial charge in [-0.3, -0.25) is 0 Å². The normalized spacial score (nSPS) is 18.5. The summed E-state index contributed by atoms with van der Waals surface area (Å²) < 4.78 is 26.9. The van der Waals surface area contributed by atoms with Crippen molar-refractivity contribution in [3.8, 4) is 0 Å². The van der Waals surface area contributed by atoms with Crippen molar-refractivity contribution in [2.75, 3.05) is 12.4 Å². The number of nitrogens with two attached hydrogens (primary N) is 1. The fourth-order valence-corrected chi connectivity index (χ4v) is 2.49. The van der Waals surface area contributed by atoms with Gasteiger partial charge in [0.25, 0.3) is 0 Å². The van der Waals surface area contributed by atoms with E-state index in [1.165, 1.54) is 25.7 Å². The smallest absolute Gasteiger partial charge is 0.209 e. The zero-order chi connectivity index (χ0) is 11.1. The van der Waals surface area contributed by atoms with E-state index < -0.39 is 10.0 Å². The molecule has 4 nitrogen and oxygen atoms in total. The van der Waals surface area contributed by atoms with E-state index in [1.807, 2.05) is 0 Å². The summed E-state index contributed by atoms with van der Waals surface area (Å²) in [7, 11) is -3.27. The molecule has 0 aromatic rings. The maximum Gasteiger partial charge on any atom is 0.209 e. The fourth-order valence-electron chi connectivity index (χ4n) is 1.89. The summed E-state index contributed by atoms with van der Waals surface area (Å²) in [6.07, 6.45) is 7.88. The highest BCUT2D eigenvalue weighted by molar-refractivity contribution is 7.89. The highest BCUT2D eigenvalue weighted by Gasteiger charge is 2.14. The van der Waals surface area contributed by atoms with Crippen LogP contribution in [-0.4, -0.2) is 26.9 Å². The van der Waals surface area contributed by atoms with Crippen molar-refractivity contribution < 1.29 is 13.2 Å². The highest BCUT2D eigenvalue weighted by Crippen LogP contribution is 2.21. The van der Waals surface area contributed by atoms with E-state index in [-0.39, 0.29) is 5.75 Å². The molecule has 0 unspecified atom stereocenters. The lowest BCUT2D eigenvalue weighted by molar-refractivity contribution is 0.0559. The molecule has 1 aliphatic rings. The molecule has 0 spiro atoms. The molecule has 0 heterocycles. The zero-order valence-corrected chi connectivity index (χ0v) is 9.97. The quantitative estimate of drug-likeness (QED) is 0.678. The van der Waals surface area contributed by atoms with E-state index in [1.54, 1.807) is 0 Å². The van der Waals surface area contributed by atoms with Crippen LogP contribution in [-0.2, 0) is 14.8 Å². The van der Waals surface area contributed by atoms with Crippen LogP contribution >= 0.6 is 0 Å². The average Bonchev–Trinajstić information content (AvgIpc) is 2.61. The SMILES string of the molecule is NS(=O)(=O)CCCCCOC1CCCC1. The largest absolute Gasteiger partial charge is 0.378 e. The van der Waals surface area contributed by atoms with Crippen molar-refractivity contribution in [1.82, 2.24) is 0 Å². The third kappa shape index (κ3) is 6.87. The second kappa shape index (κ2) is 6.45. The van der Waals surface area contributed by atoms with Crippen LogP contribution in [0.5, 0.6) is 0 Å². The van der Waals surface area contributed by atoms with Crippen molar-refractivity contribution in [3.05, 3.63) is 0 Å². The van der Waals surface area contributed by atoms with E-state index in [9.17, 15) is 8.42 Å². The number of ether oxygens (including phenoxy) is 1. The van der Waals surface area contributed by atoms with E-state index in [0.717, 1.165) is 19.4 Å². The molecular formula is C10H21NO3S. The van der Waals surface area contributed by atoms with Gasteiger partial charge in [-0.1, -0.05) is 19.3 Å². The van der Waals surface area contributed by atoms with Gasteiger partial charge in [0.15, 0.2) is 0 Å². The molecule has 0 aliphatic heterocycles. The first-order chi connectivity index (χ1) is 7.08. The molecule has 1 rings (SSSR count). The Bertz CT molecular complexity index is 258. The molecule has 15 heavy (non-hydrogen) atoms. The van der Waals surface area contributed by atoms with E-state index in [0.29, 0.717) is 12.5 Å². The molecule has 90 valence electrons. The standard InChI is InChI=1S/C10H21NO3S/c11-15(12,13)9-5-1-4-8-14-10-6-2-3-7-10/h10H,1-9H2,(H2,11,12,13). The summed E-state index contributed by atoms with van der Waals surface area (Å²) in [5.74, 6) is 0.0937. The van der Waals surface area contributed by atoms with Crippen LogP contribution in [0.2, 0.25) is 0 Å². The van der Waals surface area contributed by atoms with Gasteiger partial charge in [-0.05, 0) is 25.7 Å². The van der Waals surface area contributed by atoms with E-state index in [2.05, 4.69) is 0 Å². The molecule has 0 saturated heterocycles. The second-order valence-electron chi connectivity index (χ2n) is 4.20. The lowest BCUT2D eigenvalue weighted by Gasteiger charge is -2.10. The molecule has 1 aliphatic carbocycles. The molecule has 0 bridgehead atoms. The van der Waals surface area contributed by atoms with Crippen LogP contribution in [0.1, 0.15) is 44.9 Å². The van der Waals surface area contributed by atoms with Crippen LogP contribution in [0.3, 0.4) is 0 Å². The lowest BCUT2D eigenvalue weighted by atomic mass is 10.2. The Balaban J connectivity index is 1.89. The van der Waals surface area contributed by atoms with Gasteiger partial charge in [-0.15, -0.1) is 0 Å².